The lowest BCUT2D eigenvalue weighted by atomic mass is 9.92. The first-order valence-corrected chi connectivity index (χ1v) is 32.9. The van der Waals surface area contributed by atoms with E-state index in [1.807, 2.05) is 18.2 Å². The van der Waals surface area contributed by atoms with Crippen LogP contribution in [0.2, 0.25) is 0 Å². The normalized spacial score (nSPS) is 11.8. The van der Waals surface area contributed by atoms with Gasteiger partial charge in [-0.05, 0) is 25.3 Å². The van der Waals surface area contributed by atoms with Crippen LogP contribution in [0.5, 0.6) is 11.5 Å². The minimum atomic E-state index is -0.404. The summed E-state index contributed by atoms with van der Waals surface area (Å²) >= 11 is 0. The molecule has 0 bridgehead atoms. The lowest BCUT2D eigenvalue weighted by molar-refractivity contribution is -0.0893. The fraction of sp³-hybridized carbons (Fsp3) is 0.910. The fourth-order valence-corrected chi connectivity index (χ4v) is 10.6. The van der Waals surface area contributed by atoms with Crippen molar-refractivity contribution in [3.63, 3.8) is 0 Å². The van der Waals surface area contributed by atoms with Crippen LogP contribution < -0.4 is 15.2 Å². The van der Waals surface area contributed by atoms with Crippen molar-refractivity contribution in [1.29, 1.82) is 0 Å². The molecular weight excluding hydrogens is 899 g/mol. The third kappa shape index (κ3) is 46.5. The van der Waals surface area contributed by atoms with E-state index in [0.717, 1.165) is 56.1 Å². The van der Waals surface area contributed by atoms with Crippen LogP contribution in [-0.2, 0) is 20.8 Å². The lowest BCUT2D eigenvalue weighted by Crippen LogP contribution is -2.43. The molecule has 0 saturated heterocycles. The Morgan fingerprint density at radius 2 is 0.575 bits per heavy atom. The minimum absolute atomic E-state index is 0.404. The second kappa shape index (κ2) is 56.9. The van der Waals surface area contributed by atoms with Crippen LogP contribution in [0.15, 0.2) is 18.2 Å². The molecule has 0 aromatic heterocycles. The molecule has 1 aromatic rings. The number of rotatable bonds is 62. The molecule has 6 heteroatoms. The summed E-state index contributed by atoms with van der Waals surface area (Å²) in [4.78, 5) is 0. The topological polar surface area (TPSA) is 72.2 Å². The maximum absolute atomic E-state index is 6.62. The number of methoxy groups -OCH3 is 1. The van der Waals surface area contributed by atoms with Gasteiger partial charge in [-0.15, -0.1) is 0 Å². The van der Waals surface area contributed by atoms with Gasteiger partial charge in [-0.1, -0.05) is 316 Å². The Kier molecular flexibility index (Phi) is 54.3. The first-order chi connectivity index (χ1) is 36.1. The molecule has 1 aromatic carbocycles. The number of benzene rings is 1. The molecule has 0 amide bonds. The summed E-state index contributed by atoms with van der Waals surface area (Å²) in [6.45, 7) is 11.9. The summed E-state index contributed by atoms with van der Waals surface area (Å²) in [7, 11) is 1.70. The average molecular weight is 1030 g/mol. The smallest absolute Gasteiger partial charge is 0.127 e. The highest BCUT2D eigenvalue weighted by molar-refractivity contribution is 5.40. The zero-order valence-corrected chi connectivity index (χ0v) is 49.9. The van der Waals surface area contributed by atoms with Crippen molar-refractivity contribution in [3.8, 4) is 11.5 Å². The second-order valence-corrected chi connectivity index (χ2v) is 23.0. The van der Waals surface area contributed by atoms with Crippen molar-refractivity contribution >= 4 is 0 Å². The van der Waals surface area contributed by atoms with Crippen molar-refractivity contribution in [2.24, 2.45) is 11.1 Å². The Bertz CT molecular complexity index is 1110. The third-order valence-corrected chi connectivity index (χ3v) is 15.7. The predicted molar refractivity (Wildman–Crippen MR) is 320 cm³/mol. The zero-order chi connectivity index (χ0) is 52.5. The summed E-state index contributed by atoms with van der Waals surface area (Å²) in [5.41, 5.74) is 6.60. The van der Waals surface area contributed by atoms with E-state index >= 15 is 0 Å². The van der Waals surface area contributed by atoms with E-state index in [1.165, 1.54) is 289 Å². The van der Waals surface area contributed by atoms with Crippen LogP contribution in [0, 0.1) is 5.41 Å². The Morgan fingerprint density at radius 3 is 0.808 bits per heavy atom. The summed E-state index contributed by atoms with van der Waals surface area (Å²) in [6.07, 6.45) is 66.0. The molecule has 0 radical (unpaired) electrons. The van der Waals surface area contributed by atoms with Gasteiger partial charge in [0.25, 0.3) is 0 Å². The predicted octanol–water partition coefficient (Wildman–Crippen LogP) is 21.4. The maximum atomic E-state index is 6.62. The maximum Gasteiger partial charge on any atom is 0.127 e. The van der Waals surface area contributed by atoms with Crippen molar-refractivity contribution in [2.75, 3.05) is 53.4 Å². The number of hydrogen-bond acceptors (Lipinski definition) is 6. The molecule has 0 spiro atoms. The van der Waals surface area contributed by atoms with Crippen molar-refractivity contribution in [1.82, 2.24) is 0 Å². The number of ether oxygens (including phenoxy) is 5. The highest BCUT2D eigenvalue weighted by atomic mass is 16.5. The summed E-state index contributed by atoms with van der Waals surface area (Å²) in [5.74, 6) is 1.55. The molecule has 6 nitrogen and oxygen atoms in total. The van der Waals surface area contributed by atoms with Crippen molar-refractivity contribution in [2.45, 2.75) is 336 Å². The van der Waals surface area contributed by atoms with Crippen LogP contribution in [0.1, 0.15) is 335 Å². The van der Waals surface area contributed by atoms with E-state index < -0.39 is 5.41 Å². The van der Waals surface area contributed by atoms with Gasteiger partial charge in [0.05, 0.1) is 32.3 Å². The summed E-state index contributed by atoms with van der Waals surface area (Å²) in [5, 5.41) is 0. The van der Waals surface area contributed by atoms with Crippen molar-refractivity contribution in [3.05, 3.63) is 23.8 Å². The van der Waals surface area contributed by atoms with E-state index in [9.17, 15) is 0 Å². The molecule has 0 saturated carbocycles. The SMILES string of the molecule is CCCCCCCCCCCCCCCCCCOCC(COCCCCCCCCCCCCCCCCCC)(COCCCCCCCCCCCCCCCCCC)COc1ccc(CN)c(OC)c1. The monoisotopic (exact) mass is 1030 g/mol. The van der Waals surface area contributed by atoms with Crippen LogP contribution >= 0.6 is 0 Å². The lowest BCUT2D eigenvalue weighted by Gasteiger charge is -2.33. The molecule has 432 valence electrons. The first kappa shape index (κ1) is 69.7. The van der Waals surface area contributed by atoms with Gasteiger partial charge in [-0.3, -0.25) is 0 Å². The Balaban J connectivity index is 2.61. The molecule has 0 aliphatic rings. The van der Waals surface area contributed by atoms with Crippen LogP contribution in [-0.4, -0.2) is 53.4 Å². The van der Waals surface area contributed by atoms with Crippen LogP contribution in [0.3, 0.4) is 0 Å². The Morgan fingerprint density at radius 1 is 0.329 bits per heavy atom. The molecule has 2 N–H and O–H groups in total. The van der Waals surface area contributed by atoms with E-state index in [1.54, 1.807) is 7.11 Å². The van der Waals surface area contributed by atoms with Crippen LogP contribution in [0.25, 0.3) is 0 Å². The first-order valence-electron chi connectivity index (χ1n) is 32.9. The van der Waals surface area contributed by atoms with E-state index in [-0.39, 0.29) is 0 Å². The van der Waals surface area contributed by atoms with E-state index in [2.05, 4.69) is 20.8 Å². The standard InChI is InChI=1S/C67H129NO5/c1-5-8-11-14-17-20-23-26-29-32-35-38-41-44-47-50-55-70-60-67(63-73-65-54-53-64(59-68)66(58-65)69-4,61-71-56-51-48-45-42-39-36-33-30-27-24-21-18-15-12-9-6-2)62-72-57-52-49-46-43-40-37-34-31-28-25-22-19-16-13-10-7-3/h53-54,58H,5-52,55-57,59-63,68H2,1-4H3. The number of hydrogen-bond donors (Lipinski definition) is 1. The minimum Gasteiger partial charge on any atom is -0.496 e. The number of unbranched alkanes of at least 4 members (excludes halogenated alkanes) is 45. The zero-order valence-electron chi connectivity index (χ0n) is 49.9. The molecule has 1 rings (SSSR count). The molecule has 73 heavy (non-hydrogen) atoms. The summed E-state index contributed by atoms with van der Waals surface area (Å²) in [6, 6.07) is 6.01. The highest BCUT2D eigenvalue weighted by Crippen LogP contribution is 2.28. The Labute approximate surface area is 457 Å². The summed E-state index contributed by atoms with van der Waals surface area (Å²) < 4.78 is 32.0. The van der Waals surface area contributed by atoms with Gasteiger partial charge >= 0.3 is 0 Å². The third-order valence-electron chi connectivity index (χ3n) is 15.7. The average Bonchev–Trinajstić information content (AvgIpc) is 3.41. The van der Waals surface area contributed by atoms with Gasteiger partial charge in [0, 0.05) is 38.0 Å². The van der Waals surface area contributed by atoms with Gasteiger partial charge in [0.15, 0.2) is 0 Å². The molecule has 0 unspecified atom stereocenters. The molecule has 0 fully saturated rings. The fourth-order valence-electron chi connectivity index (χ4n) is 10.6. The molecule has 0 aliphatic carbocycles. The molecule has 0 atom stereocenters. The van der Waals surface area contributed by atoms with Gasteiger partial charge in [0.2, 0.25) is 0 Å². The molecular formula is C67H129NO5. The van der Waals surface area contributed by atoms with E-state index in [4.69, 9.17) is 29.4 Å². The highest BCUT2D eigenvalue weighted by Gasteiger charge is 2.33. The van der Waals surface area contributed by atoms with Crippen molar-refractivity contribution < 1.29 is 23.7 Å². The van der Waals surface area contributed by atoms with E-state index in [0.29, 0.717) is 33.0 Å². The van der Waals surface area contributed by atoms with Gasteiger partial charge in [-0.2, -0.15) is 0 Å². The van der Waals surface area contributed by atoms with Gasteiger partial charge < -0.3 is 29.4 Å². The second-order valence-electron chi connectivity index (χ2n) is 23.0. The van der Waals surface area contributed by atoms with Gasteiger partial charge in [0.1, 0.15) is 18.1 Å². The Hall–Kier alpha value is -1.34. The largest absolute Gasteiger partial charge is 0.496 e. The number of nitrogens with two attached hydrogens (primary N) is 1. The van der Waals surface area contributed by atoms with Crippen LogP contribution in [0.4, 0.5) is 0 Å². The quantitative estimate of drug-likeness (QED) is 0.0656. The molecule has 0 aliphatic heterocycles. The molecule has 0 heterocycles. The van der Waals surface area contributed by atoms with Gasteiger partial charge in [-0.25, -0.2) is 0 Å².